The fourth-order valence-corrected chi connectivity index (χ4v) is 3.38. The largest absolute Gasteiger partial charge is 0.492 e. The van der Waals surface area contributed by atoms with Crippen molar-refractivity contribution in [3.63, 3.8) is 0 Å². The number of hydrogen-bond donors (Lipinski definition) is 3. The van der Waals surface area contributed by atoms with Crippen LogP contribution in [0.4, 0.5) is 10.6 Å². The van der Waals surface area contributed by atoms with Gasteiger partial charge in [0.05, 0.1) is 6.20 Å². The molecule has 2 aromatic rings. The molecule has 0 saturated carbocycles. The molecule has 1 unspecified atom stereocenters. The number of carbonyl (C=O) groups is 1. The van der Waals surface area contributed by atoms with E-state index in [1.807, 2.05) is 25.1 Å². The van der Waals surface area contributed by atoms with E-state index < -0.39 is 11.6 Å². The van der Waals surface area contributed by atoms with Crippen molar-refractivity contribution in [2.75, 3.05) is 11.9 Å². The Morgan fingerprint density at radius 3 is 2.89 bits per heavy atom. The Labute approximate surface area is 158 Å². The van der Waals surface area contributed by atoms with Gasteiger partial charge < -0.3 is 20.3 Å². The van der Waals surface area contributed by atoms with Gasteiger partial charge in [-0.15, -0.1) is 0 Å². The second-order valence-electron chi connectivity index (χ2n) is 7.64. The zero-order chi connectivity index (χ0) is 19.6. The molecule has 0 aliphatic carbocycles. The number of benzene rings is 1. The highest BCUT2D eigenvalue weighted by atomic mass is 16.5. The lowest BCUT2D eigenvalue weighted by Gasteiger charge is -2.27. The van der Waals surface area contributed by atoms with E-state index in [4.69, 9.17) is 20.3 Å². The second-order valence-corrected chi connectivity index (χ2v) is 7.64. The number of nitrogens with one attached hydrogen (secondary N) is 1. The molecule has 1 aliphatic heterocycles. The van der Waals surface area contributed by atoms with Crippen LogP contribution in [-0.4, -0.2) is 28.3 Å². The predicted molar refractivity (Wildman–Crippen MR) is 103 cm³/mol. The van der Waals surface area contributed by atoms with E-state index >= 15 is 0 Å². The molecule has 7 nitrogen and oxygen atoms in total. The molecule has 144 valence electrons. The van der Waals surface area contributed by atoms with Crippen molar-refractivity contribution in [3.05, 3.63) is 36.0 Å². The van der Waals surface area contributed by atoms with Gasteiger partial charge in [-0.05, 0) is 43.0 Å². The van der Waals surface area contributed by atoms with Crippen LogP contribution in [0.25, 0.3) is 11.1 Å². The number of rotatable bonds is 6. The number of carboxylic acid groups (broad SMARTS) is 1. The van der Waals surface area contributed by atoms with E-state index in [2.05, 4.69) is 24.1 Å². The van der Waals surface area contributed by atoms with Gasteiger partial charge in [-0.3, -0.25) is 5.32 Å². The fraction of sp³-hybridized carbons (Fsp3) is 0.400. The number of nitrogens with zero attached hydrogens (tertiary/aromatic N) is 1. The Bertz CT molecular complexity index is 849. The first-order valence-corrected chi connectivity index (χ1v) is 8.91. The molecule has 3 rings (SSSR count). The number of pyridine rings is 1. The third-order valence-corrected chi connectivity index (χ3v) is 4.30. The van der Waals surface area contributed by atoms with Gasteiger partial charge in [0.2, 0.25) is 0 Å². The Morgan fingerprint density at radius 1 is 1.41 bits per heavy atom. The smallest absolute Gasteiger partial charge is 0.410 e. The van der Waals surface area contributed by atoms with E-state index in [9.17, 15) is 4.79 Å². The summed E-state index contributed by atoms with van der Waals surface area (Å²) in [7, 11) is 0. The van der Waals surface area contributed by atoms with Gasteiger partial charge >= 0.3 is 6.09 Å². The molecule has 7 heteroatoms. The Hall–Kier alpha value is -2.80. The zero-order valence-corrected chi connectivity index (χ0v) is 15.8. The summed E-state index contributed by atoms with van der Waals surface area (Å²) < 4.78 is 11.7. The number of fused-ring (bicyclic) bond motifs is 3. The summed E-state index contributed by atoms with van der Waals surface area (Å²) in [6, 6.07) is 7.45. The quantitative estimate of drug-likeness (QED) is 0.711. The molecule has 0 saturated heterocycles. The monoisotopic (exact) mass is 371 g/mol. The summed E-state index contributed by atoms with van der Waals surface area (Å²) in [5.41, 5.74) is 8.65. The van der Waals surface area contributed by atoms with Gasteiger partial charge in [0.25, 0.3) is 0 Å². The van der Waals surface area contributed by atoms with Crippen molar-refractivity contribution in [2.24, 2.45) is 11.7 Å². The van der Waals surface area contributed by atoms with Crippen molar-refractivity contribution in [1.82, 2.24) is 4.98 Å². The lowest BCUT2D eigenvalue weighted by molar-refractivity contribution is 0.206. The highest BCUT2D eigenvalue weighted by Crippen LogP contribution is 2.39. The number of hydrogen-bond acceptors (Lipinski definition) is 5. The van der Waals surface area contributed by atoms with Crippen LogP contribution in [0.5, 0.6) is 11.5 Å². The molecule has 2 heterocycles. The topological polar surface area (TPSA) is 107 Å². The Balaban J connectivity index is 1.80. The zero-order valence-electron chi connectivity index (χ0n) is 15.8. The summed E-state index contributed by atoms with van der Waals surface area (Å²) in [6.07, 6.45) is 1.25. The average molecular weight is 371 g/mol. The van der Waals surface area contributed by atoms with E-state index in [0.29, 0.717) is 24.9 Å². The van der Waals surface area contributed by atoms with Crippen molar-refractivity contribution < 1.29 is 19.4 Å². The third kappa shape index (κ3) is 4.68. The minimum absolute atomic E-state index is 0.255. The summed E-state index contributed by atoms with van der Waals surface area (Å²) >= 11 is 0. The molecule has 27 heavy (non-hydrogen) atoms. The van der Waals surface area contributed by atoms with Crippen molar-refractivity contribution >= 4 is 11.9 Å². The maximum atomic E-state index is 10.8. The summed E-state index contributed by atoms with van der Waals surface area (Å²) in [4.78, 5) is 14.9. The molecule has 1 aromatic heterocycles. The molecule has 0 bridgehead atoms. The summed E-state index contributed by atoms with van der Waals surface area (Å²) in [6.45, 7) is 7.10. The Morgan fingerprint density at radius 2 is 2.19 bits per heavy atom. The first-order valence-electron chi connectivity index (χ1n) is 8.91. The fourth-order valence-electron chi connectivity index (χ4n) is 3.38. The summed E-state index contributed by atoms with van der Waals surface area (Å²) in [5, 5.41) is 11.1. The SMILES string of the molecule is CC(C)CC(C)(N)COc1ccc2c(c1)COc1cnc(NC(=O)O)cc1-2. The van der Waals surface area contributed by atoms with Gasteiger partial charge in [-0.2, -0.15) is 0 Å². The molecule has 1 aromatic carbocycles. The molecule has 1 aliphatic rings. The van der Waals surface area contributed by atoms with Gasteiger partial charge in [0.1, 0.15) is 30.5 Å². The molecule has 0 fully saturated rings. The maximum Gasteiger partial charge on any atom is 0.410 e. The summed E-state index contributed by atoms with van der Waals surface area (Å²) in [5.74, 6) is 2.11. The molecule has 1 atom stereocenters. The highest BCUT2D eigenvalue weighted by Gasteiger charge is 2.23. The van der Waals surface area contributed by atoms with E-state index in [1.165, 1.54) is 6.20 Å². The van der Waals surface area contributed by atoms with Gasteiger partial charge in [0, 0.05) is 16.7 Å². The van der Waals surface area contributed by atoms with Crippen LogP contribution in [0.1, 0.15) is 32.8 Å². The number of amides is 1. The average Bonchev–Trinajstić information content (AvgIpc) is 2.58. The van der Waals surface area contributed by atoms with Crippen LogP contribution in [0.15, 0.2) is 30.5 Å². The number of ether oxygens (including phenoxy) is 2. The first-order chi connectivity index (χ1) is 12.7. The lowest BCUT2D eigenvalue weighted by Crippen LogP contribution is -2.43. The number of anilines is 1. The van der Waals surface area contributed by atoms with Gasteiger partial charge in [0.15, 0.2) is 0 Å². The van der Waals surface area contributed by atoms with E-state index in [-0.39, 0.29) is 5.82 Å². The lowest BCUT2D eigenvalue weighted by atomic mass is 9.93. The van der Waals surface area contributed by atoms with Crippen LogP contribution in [0, 0.1) is 5.92 Å². The van der Waals surface area contributed by atoms with E-state index in [1.54, 1.807) is 6.07 Å². The Kier molecular flexibility index (Phi) is 5.23. The standard InChI is InChI=1S/C20H25N3O4/c1-12(2)8-20(3,21)11-27-14-4-5-15-13(6-14)10-26-17-9-22-18(7-16(15)17)23-19(24)25/h4-7,9,12H,8,10-11,21H2,1-3H3,(H,22,23)(H,24,25). The van der Waals surface area contributed by atoms with Crippen LogP contribution >= 0.6 is 0 Å². The van der Waals surface area contributed by atoms with Gasteiger partial charge in [-0.25, -0.2) is 9.78 Å². The van der Waals surface area contributed by atoms with Crippen LogP contribution in [-0.2, 0) is 6.61 Å². The highest BCUT2D eigenvalue weighted by molar-refractivity contribution is 5.84. The molecular formula is C20H25N3O4. The minimum atomic E-state index is -1.16. The van der Waals surface area contributed by atoms with Crippen LogP contribution < -0.4 is 20.5 Å². The predicted octanol–water partition coefficient (Wildman–Crippen LogP) is 3.87. The molecule has 1 amide bonds. The molecule has 4 N–H and O–H groups in total. The van der Waals surface area contributed by atoms with Crippen molar-refractivity contribution in [2.45, 2.75) is 39.3 Å². The van der Waals surface area contributed by atoms with Crippen molar-refractivity contribution in [3.8, 4) is 22.6 Å². The van der Waals surface area contributed by atoms with Crippen LogP contribution in [0.3, 0.4) is 0 Å². The maximum absolute atomic E-state index is 10.8. The molecular weight excluding hydrogens is 346 g/mol. The van der Waals surface area contributed by atoms with Crippen LogP contribution in [0.2, 0.25) is 0 Å². The number of aromatic nitrogens is 1. The third-order valence-electron chi connectivity index (χ3n) is 4.30. The van der Waals surface area contributed by atoms with E-state index in [0.717, 1.165) is 28.9 Å². The molecule has 0 radical (unpaired) electrons. The van der Waals surface area contributed by atoms with Crippen molar-refractivity contribution in [1.29, 1.82) is 0 Å². The molecule has 0 spiro atoms. The minimum Gasteiger partial charge on any atom is -0.492 e. The first kappa shape index (κ1) is 19.0. The second kappa shape index (κ2) is 7.44. The number of nitrogens with two attached hydrogens (primary N) is 1. The van der Waals surface area contributed by atoms with Gasteiger partial charge in [-0.1, -0.05) is 19.9 Å². The normalized spacial score (nSPS) is 14.6.